The summed E-state index contributed by atoms with van der Waals surface area (Å²) < 4.78 is 17.9. The van der Waals surface area contributed by atoms with Crippen molar-refractivity contribution in [1.82, 2.24) is 20.0 Å². The van der Waals surface area contributed by atoms with E-state index in [1.165, 1.54) is 0 Å². The van der Waals surface area contributed by atoms with Crippen LogP contribution in [-0.2, 0) is 27.4 Å². The van der Waals surface area contributed by atoms with E-state index in [2.05, 4.69) is 5.32 Å². The average Bonchev–Trinajstić information content (AvgIpc) is 3.23. The van der Waals surface area contributed by atoms with Gasteiger partial charge < -0.3 is 34.2 Å². The normalized spacial score (nSPS) is 22.1. The van der Waals surface area contributed by atoms with E-state index in [1.807, 2.05) is 42.5 Å². The van der Waals surface area contributed by atoms with Crippen LogP contribution in [0.2, 0.25) is 0 Å². The third-order valence-electron chi connectivity index (χ3n) is 7.34. The van der Waals surface area contributed by atoms with Gasteiger partial charge in [-0.15, -0.1) is 0 Å². The Balaban J connectivity index is 1.33. The zero-order valence-corrected chi connectivity index (χ0v) is 21.9. The van der Waals surface area contributed by atoms with Crippen LogP contribution in [0.1, 0.15) is 24.0 Å². The number of carbonyl (C=O) groups excluding carboxylic acids is 3. The van der Waals surface area contributed by atoms with E-state index in [1.54, 1.807) is 28.9 Å². The molecule has 2 atom stereocenters. The van der Waals surface area contributed by atoms with Gasteiger partial charge in [-0.05, 0) is 48.2 Å². The number of nitrogens with zero attached hydrogens (tertiary/aromatic N) is 3. The molecule has 1 N–H and O–H groups in total. The molecule has 0 saturated carbocycles. The van der Waals surface area contributed by atoms with Crippen molar-refractivity contribution < 1.29 is 28.6 Å². The van der Waals surface area contributed by atoms with Gasteiger partial charge in [0.15, 0.2) is 11.5 Å². The van der Waals surface area contributed by atoms with Crippen molar-refractivity contribution in [2.75, 3.05) is 46.9 Å². The van der Waals surface area contributed by atoms with E-state index in [9.17, 15) is 14.4 Å². The summed E-state index contributed by atoms with van der Waals surface area (Å²) in [6.07, 6.45) is 1.14. The van der Waals surface area contributed by atoms with Crippen LogP contribution in [0.3, 0.4) is 0 Å². The van der Waals surface area contributed by atoms with Gasteiger partial charge >= 0.3 is 6.03 Å². The zero-order chi connectivity index (χ0) is 26.6. The fourth-order valence-corrected chi connectivity index (χ4v) is 5.13. The first-order valence-electron chi connectivity index (χ1n) is 13.0. The highest BCUT2D eigenvalue weighted by Gasteiger charge is 2.35. The summed E-state index contributed by atoms with van der Waals surface area (Å²) in [6.45, 7) is 2.38. The lowest BCUT2D eigenvalue weighted by atomic mass is 10.0. The number of nitrogens with one attached hydrogen (secondary N) is 1. The van der Waals surface area contributed by atoms with Crippen LogP contribution in [0, 0.1) is 0 Å². The van der Waals surface area contributed by atoms with Gasteiger partial charge in [0.05, 0.1) is 25.9 Å². The number of methoxy groups -OCH3 is 1. The van der Waals surface area contributed by atoms with Crippen molar-refractivity contribution in [1.29, 1.82) is 0 Å². The second-order valence-corrected chi connectivity index (χ2v) is 10.0. The van der Waals surface area contributed by atoms with Crippen LogP contribution in [0.15, 0.2) is 42.5 Å². The predicted octanol–water partition coefficient (Wildman–Crippen LogP) is 2.40. The molecule has 5 rings (SSSR count). The molecule has 3 aliphatic heterocycles. The van der Waals surface area contributed by atoms with Crippen LogP contribution in [-0.4, -0.2) is 91.6 Å². The molecule has 0 unspecified atom stereocenters. The first kappa shape index (κ1) is 25.8. The van der Waals surface area contributed by atoms with E-state index in [4.69, 9.17) is 14.2 Å². The maximum Gasteiger partial charge on any atom is 0.320 e. The predicted molar refractivity (Wildman–Crippen MR) is 139 cm³/mol. The number of likely N-dealkylation sites (N-methyl/N-ethyl adjacent to an activating group) is 1. The number of ether oxygens (including phenoxy) is 3. The standard InChI is InChI=1S/C28H34N4O6/c1-30-12-13-32(28(30)35)17-27(34)31-11-10-23-22(16-31)29-26(33)9-7-19-6-8-24(36-2)25(15-19)38-21-5-3-4-20(14-21)18-37-23/h3-6,8,14-15,22-23H,7,9-13,16-18H2,1-2H3,(H,29,33)/t22-,23+/m1/s1. The van der Waals surface area contributed by atoms with Crippen molar-refractivity contribution in [3.63, 3.8) is 0 Å². The van der Waals surface area contributed by atoms with Crippen molar-refractivity contribution in [3.8, 4) is 17.2 Å². The molecule has 38 heavy (non-hydrogen) atoms. The van der Waals surface area contributed by atoms with E-state index in [0.29, 0.717) is 62.9 Å². The molecule has 3 aliphatic rings. The smallest absolute Gasteiger partial charge is 0.320 e. The molecule has 4 bridgehead atoms. The molecule has 10 nitrogen and oxygen atoms in total. The molecule has 2 saturated heterocycles. The Labute approximate surface area is 222 Å². The highest BCUT2D eigenvalue weighted by Crippen LogP contribution is 2.33. The highest BCUT2D eigenvalue weighted by molar-refractivity contribution is 5.85. The van der Waals surface area contributed by atoms with Gasteiger partial charge in [-0.3, -0.25) is 9.59 Å². The molecule has 0 radical (unpaired) electrons. The number of amides is 4. The van der Waals surface area contributed by atoms with Crippen LogP contribution in [0.4, 0.5) is 4.79 Å². The van der Waals surface area contributed by atoms with E-state index >= 15 is 0 Å². The minimum Gasteiger partial charge on any atom is -0.493 e. The summed E-state index contributed by atoms with van der Waals surface area (Å²) in [5, 5.41) is 3.12. The summed E-state index contributed by atoms with van der Waals surface area (Å²) in [6, 6.07) is 12.9. The SMILES string of the molecule is COc1ccc2cc1Oc1cccc(c1)CO[C@H]1CCN(C(=O)CN3CCN(C)C3=O)C[C@H]1NC(=O)CC2. The van der Waals surface area contributed by atoms with Gasteiger partial charge in [-0.1, -0.05) is 18.2 Å². The summed E-state index contributed by atoms with van der Waals surface area (Å²) in [5.74, 6) is 1.64. The zero-order valence-electron chi connectivity index (χ0n) is 21.9. The number of piperidine rings is 1. The van der Waals surface area contributed by atoms with E-state index in [-0.39, 0.29) is 43.0 Å². The van der Waals surface area contributed by atoms with Crippen molar-refractivity contribution in [3.05, 3.63) is 53.6 Å². The van der Waals surface area contributed by atoms with Gasteiger partial charge in [-0.25, -0.2) is 4.79 Å². The fourth-order valence-electron chi connectivity index (χ4n) is 5.13. The maximum absolute atomic E-state index is 13.1. The third-order valence-corrected chi connectivity index (χ3v) is 7.34. The Morgan fingerprint density at radius 2 is 1.95 bits per heavy atom. The minimum atomic E-state index is -0.354. The Morgan fingerprint density at radius 3 is 2.74 bits per heavy atom. The topological polar surface area (TPSA) is 101 Å². The number of likely N-dealkylation sites (tertiary alicyclic amines) is 1. The fraction of sp³-hybridized carbons (Fsp3) is 0.464. The van der Waals surface area contributed by atoms with Crippen LogP contribution in [0.5, 0.6) is 17.2 Å². The quantitative estimate of drug-likeness (QED) is 0.665. The molecule has 3 heterocycles. The Kier molecular flexibility index (Phi) is 7.69. The van der Waals surface area contributed by atoms with Gasteiger partial charge in [0, 0.05) is 39.6 Å². The molecule has 0 aromatic heterocycles. The first-order valence-corrected chi connectivity index (χ1v) is 13.0. The Bertz CT molecular complexity index is 1200. The molecule has 10 heteroatoms. The number of urea groups is 1. The summed E-state index contributed by atoms with van der Waals surface area (Å²) in [5.41, 5.74) is 1.89. The van der Waals surface area contributed by atoms with Crippen molar-refractivity contribution >= 4 is 17.8 Å². The largest absolute Gasteiger partial charge is 0.493 e. The Hall–Kier alpha value is -3.79. The number of benzene rings is 2. The van der Waals surface area contributed by atoms with Gasteiger partial charge in [0.2, 0.25) is 11.8 Å². The summed E-state index contributed by atoms with van der Waals surface area (Å²) in [4.78, 5) is 43.2. The molecular formula is C28H34N4O6. The van der Waals surface area contributed by atoms with Crippen LogP contribution in [0.25, 0.3) is 0 Å². The van der Waals surface area contributed by atoms with Gasteiger partial charge in [0.25, 0.3) is 0 Å². The average molecular weight is 523 g/mol. The lowest BCUT2D eigenvalue weighted by Crippen LogP contribution is -2.58. The lowest BCUT2D eigenvalue weighted by Gasteiger charge is -2.39. The monoisotopic (exact) mass is 522 g/mol. The third kappa shape index (κ3) is 5.85. The van der Waals surface area contributed by atoms with Crippen LogP contribution >= 0.6 is 0 Å². The summed E-state index contributed by atoms with van der Waals surface area (Å²) in [7, 11) is 3.33. The summed E-state index contributed by atoms with van der Waals surface area (Å²) >= 11 is 0. The number of aryl methyl sites for hydroxylation is 1. The van der Waals surface area contributed by atoms with Crippen LogP contribution < -0.4 is 14.8 Å². The van der Waals surface area contributed by atoms with E-state index in [0.717, 1.165) is 11.1 Å². The number of hydrogen-bond acceptors (Lipinski definition) is 6. The second kappa shape index (κ2) is 11.3. The molecule has 0 aliphatic carbocycles. The highest BCUT2D eigenvalue weighted by atomic mass is 16.5. The lowest BCUT2D eigenvalue weighted by molar-refractivity contribution is -0.137. The second-order valence-electron chi connectivity index (χ2n) is 10.0. The molecule has 202 valence electrons. The van der Waals surface area contributed by atoms with Crippen molar-refractivity contribution in [2.45, 2.75) is 38.0 Å². The molecular weight excluding hydrogens is 488 g/mol. The number of carbonyl (C=O) groups is 3. The molecule has 4 amide bonds. The van der Waals surface area contributed by atoms with Gasteiger partial charge in [0.1, 0.15) is 12.3 Å². The Morgan fingerprint density at radius 1 is 1.08 bits per heavy atom. The van der Waals surface area contributed by atoms with Crippen molar-refractivity contribution in [2.24, 2.45) is 0 Å². The number of rotatable bonds is 3. The molecule has 2 fully saturated rings. The molecule has 0 spiro atoms. The van der Waals surface area contributed by atoms with Gasteiger partial charge in [-0.2, -0.15) is 0 Å². The molecule has 2 aromatic rings. The minimum absolute atomic E-state index is 0.0436. The first-order chi connectivity index (χ1) is 18.4. The number of hydrogen-bond donors (Lipinski definition) is 1. The van der Waals surface area contributed by atoms with E-state index < -0.39 is 0 Å². The number of fused-ring (bicyclic) bond motifs is 5. The molecule has 2 aromatic carbocycles. The maximum atomic E-state index is 13.1.